The summed E-state index contributed by atoms with van der Waals surface area (Å²) in [5.74, 6) is 0.421. The third-order valence-electron chi connectivity index (χ3n) is 3.63. The summed E-state index contributed by atoms with van der Waals surface area (Å²) in [5.41, 5.74) is 1.33. The number of benzene rings is 1. The summed E-state index contributed by atoms with van der Waals surface area (Å²) in [5, 5.41) is 0. The summed E-state index contributed by atoms with van der Waals surface area (Å²) in [6.07, 6.45) is 3.47. The summed E-state index contributed by atoms with van der Waals surface area (Å²) in [4.78, 5) is 13.8. The van der Waals surface area contributed by atoms with E-state index in [9.17, 15) is 4.79 Å². The number of ketones is 1. The van der Waals surface area contributed by atoms with E-state index in [1.54, 1.807) is 0 Å². The van der Waals surface area contributed by atoms with Gasteiger partial charge in [-0.3, -0.25) is 9.69 Å². The van der Waals surface area contributed by atoms with E-state index in [-0.39, 0.29) is 0 Å². The molecule has 0 N–H and O–H groups in total. The second kappa shape index (κ2) is 7.20. The van der Waals surface area contributed by atoms with Crippen molar-refractivity contribution in [2.45, 2.75) is 38.3 Å². The SMILES string of the molecule is C=C(I)CN(Cc1ccccc1)C1CCC(=O)CC1. The molecule has 0 atom stereocenters. The molecule has 2 rings (SSSR count). The van der Waals surface area contributed by atoms with Gasteiger partial charge in [-0.1, -0.05) is 36.9 Å². The average molecular weight is 369 g/mol. The van der Waals surface area contributed by atoms with Crippen LogP contribution in [0.1, 0.15) is 31.2 Å². The molecule has 1 saturated carbocycles. The van der Waals surface area contributed by atoms with Crippen LogP contribution in [0, 0.1) is 0 Å². The lowest BCUT2D eigenvalue weighted by atomic mass is 9.93. The highest BCUT2D eigenvalue weighted by Crippen LogP contribution is 2.24. The third-order valence-corrected chi connectivity index (χ3v) is 3.97. The number of halogens is 1. The van der Waals surface area contributed by atoms with Gasteiger partial charge in [0.1, 0.15) is 5.78 Å². The molecule has 0 bridgehead atoms. The molecule has 3 heteroatoms. The van der Waals surface area contributed by atoms with Gasteiger partial charge in [0.25, 0.3) is 0 Å². The maximum atomic E-state index is 11.4. The first-order chi connectivity index (χ1) is 9.15. The summed E-state index contributed by atoms with van der Waals surface area (Å²) < 4.78 is 1.16. The predicted molar refractivity (Wildman–Crippen MR) is 87.3 cm³/mol. The molecule has 0 radical (unpaired) electrons. The topological polar surface area (TPSA) is 20.3 Å². The smallest absolute Gasteiger partial charge is 0.133 e. The van der Waals surface area contributed by atoms with E-state index in [0.29, 0.717) is 11.8 Å². The minimum Gasteiger partial charge on any atom is -0.300 e. The van der Waals surface area contributed by atoms with Crippen molar-refractivity contribution in [3.05, 3.63) is 46.1 Å². The zero-order valence-electron chi connectivity index (χ0n) is 11.1. The molecular weight excluding hydrogens is 349 g/mol. The van der Waals surface area contributed by atoms with E-state index in [2.05, 4.69) is 58.3 Å². The van der Waals surface area contributed by atoms with Crippen molar-refractivity contribution in [3.63, 3.8) is 0 Å². The number of carbonyl (C=O) groups is 1. The van der Waals surface area contributed by atoms with E-state index in [1.807, 2.05) is 6.07 Å². The van der Waals surface area contributed by atoms with Crippen LogP contribution in [0.4, 0.5) is 0 Å². The van der Waals surface area contributed by atoms with Crippen LogP contribution in [0.25, 0.3) is 0 Å². The maximum Gasteiger partial charge on any atom is 0.133 e. The summed E-state index contributed by atoms with van der Waals surface area (Å²) >= 11 is 2.30. The Hall–Kier alpha value is -0.680. The van der Waals surface area contributed by atoms with Gasteiger partial charge in [-0.2, -0.15) is 0 Å². The highest BCUT2D eigenvalue weighted by atomic mass is 127. The van der Waals surface area contributed by atoms with Crippen molar-refractivity contribution in [2.24, 2.45) is 0 Å². The zero-order valence-corrected chi connectivity index (χ0v) is 13.3. The minimum atomic E-state index is 0.421. The molecule has 1 aromatic carbocycles. The summed E-state index contributed by atoms with van der Waals surface area (Å²) in [7, 11) is 0. The molecule has 1 aliphatic carbocycles. The first kappa shape index (κ1) is 14.7. The zero-order chi connectivity index (χ0) is 13.7. The second-order valence-corrected chi connectivity index (χ2v) is 6.70. The Morgan fingerprint density at radius 1 is 1.26 bits per heavy atom. The Kier molecular flexibility index (Phi) is 5.58. The van der Waals surface area contributed by atoms with Crippen molar-refractivity contribution in [3.8, 4) is 0 Å². The summed E-state index contributed by atoms with van der Waals surface area (Å²) in [6.45, 7) is 5.88. The van der Waals surface area contributed by atoms with E-state index >= 15 is 0 Å². The fourth-order valence-electron chi connectivity index (χ4n) is 2.64. The minimum absolute atomic E-state index is 0.421. The number of hydrogen-bond acceptors (Lipinski definition) is 2. The molecule has 0 amide bonds. The van der Waals surface area contributed by atoms with Gasteiger partial charge in [-0.05, 0) is 44.6 Å². The van der Waals surface area contributed by atoms with E-state index in [0.717, 1.165) is 42.4 Å². The van der Waals surface area contributed by atoms with E-state index in [1.165, 1.54) is 5.56 Å². The van der Waals surface area contributed by atoms with E-state index in [4.69, 9.17) is 0 Å². The molecule has 19 heavy (non-hydrogen) atoms. The fraction of sp³-hybridized carbons (Fsp3) is 0.438. The molecule has 0 aromatic heterocycles. The molecule has 102 valence electrons. The molecule has 2 nitrogen and oxygen atoms in total. The Bertz CT molecular complexity index is 433. The van der Waals surface area contributed by atoms with Crippen molar-refractivity contribution in [1.82, 2.24) is 4.90 Å². The lowest BCUT2D eigenvalue weighted by Gasteiger charge is -2.34. The Labute approximate surface area is 129 Å². The molecule has 0 heterocycles. The van der Waals surface area contributed by atoms with E-state index < -0.39 is 0 Å². The fourth-order valence-corrected chi connectivity index (χ4v) is 3.08. The largest absolute Gasteiger partial charge is 0.300 e. The van der Waals surface area contributed by atoms with Crippen LogP contribution in [0.3, 0.4) is 0 Å². The van der Waals surface area contributed by atoms with Crippen LogP contribution in [-0.2, 0) is 11.3 Å². The van der Waals surface area contributed by atoms with Gasteiger partial charge in [0, 0.05) is 32.0 Å². The van der Waals surface area contributed by atoms with Gasteiger partial charge in [0.15, 0.2) is 0 Å². The first-order valence-corrected chi connectivity index (χ1v) is 7.86. The Balaban J connectivity index is 2.03. The molecule has 0 spiro atoms. The van der Waals surface area contributed by atoms with Crippen LogP contribution >= 0.6 is 22.6 Å². The molecule has 0 aliphatic heterocycles. The molecule has 0 saturated heterocycles. The maximum absolute atomic E-state index is 11.4. The second-order valence-electron chi connectivity index (χ2n) is 5.18. The normalized spacial score (nSPS) is 16.8. The van der Waals surface area contributed by atoms with Crippen molar-refractivity contribution < 1.29 is 4.79 Å². The molecule has 1 aliphatic rings. The Morgan fingerprint density at radius 2 is 1.89 bits per heavy atom. The van der Waals surface area contributed by atoms with Gasteiger partial charge in [0.05, 0.1) is 0 Å². The molecule has 1 fully saturated rings. The molecule has 0 unspecified atom stereocenters. The number of rotatable bonds is 5. The lowest BCUT2D eigenvalue weighted by molar-refractivity contribution is -0.121. The van der Waals surface area contributed by atoms with Crippen LogP contribution in [-0.4, -0.2) is 23.3 Å². The predicted octanol–water partition coefficient (Wildman–Crippen LogP) is 3.95. The molecule has 1 aromatic rings. The van der Waals surface area contributed by atoms with Gasteiger partial charge in [0.2, 0.25) is 0 Å². The van der Waals surface area contributed by atoms with Gasteiger partial charge < -0.3 is 0 Å². The number of hydrogen-bond donors (Lipinski definition) is 0. The standard InChI is InChI=1S/C16H20INO/c1-13(17)11-18(12-14-5-3-2-4-6-14)15-7-9-16(19)10-8-15/h2-6,15H,1,7-12H2. The average Bonchev–Trinajstić information content (AvgIpc) is 2.39. The van der Waals surface area contributed by atoms with Crippen LogP contribution in [0.5, 0.6) is 0 Å². The van der Waals surface area contributed by atoms with Gasteiger partial charge >= 0.3 is 0 Å². The number of carbonyl (C=O) groups excluding carboxylic acids is 1. The van der Waals surface area contributed by atoms with Crippen molar-refractivity contribution in [2.75, 3.05) is 6.54 Å². The Morgan fingerprint density at radius 3 is 2.47 bits per heavy atom. The first-order valence-electron chi connectivity index (χ1n) is 6.78. The van der Waals surface area contributed by atoms with Crippen LogP contribution < -0.4 is 0 Å². The highest BCUT2D eigenvalue weighted by Gasteiger charge is 2.24. The van der Waals surface area contributed by atoms with Gasteiger partial charge in [-0.25, -0.2) is 0 Å². The molecular formula is C16H20INO. The number of nitrogens with zero attached hydrogens (tertiary/aromatic N) is 1. The third kappa shape index (κ3) is 4.73. The van der Waals surface area contributed by atoms with Crippen LogP contribution in [0.15, 0.2) is 40.5 Å². The lowest BCUT2D eigenvalue weighted by Crippen LogP contribution is -2.38. The highest BCUT2D eigenvalue weighted by molar-refractivity contribution is 14.1. The van der Waals surface area contributed by atoms with Crippen molar-refractivity contribution >= 4 is 28.4 Å². The van der Waals surface area contributed by atoms with Crippen molar-refractivity contribution in [1.29, 1.82) is 0 Å². The van der Waals surface area contributed by atoms with Gasteiger partial charge in [-0.15, -0.1) is 0 Å². The van der Waals surface area contributed by atoms with Crippen LogP contribution in [0.2, 0.25) is 0 Å². The quantitative estimate of drug-likeness (QED) is 0.733. The monoisotopic (exact) mass is 369 g/mol. The number of Topliss-reactive ketones (excluding diaryl/α,β-unsaturated/α-hetero) is 1. The summed E-state index contributed by atoms with van der Waals surface area (Å²) in [6, 6.07) is 11.1.